The minimum absolute atomic E-state index is 0.649. The second-order valence-corrected chi connectivity index (χ2v) is 4.57. The van der Waals surface area contributed by atoms with Crippen molar-refractivity contribution in [3.63, 3.8) is 0 Å². The van der Waals surface area contributed by atoms with Crippen LogP contribution in [0.3, 0.4) is 0 Å². The summed E-state index contributed by atoms with van der Waals surface area (Å²) < 4.78 is 5.65. The molecule has 0 amide bonds. The number of carbonyl (C=O) groups excluding carboxylic acids is 1. The Labute approximate surface area is 114 Å². The molecule has 0 aliphatic heterocycles. The van der Waals surface area contributed by atoms with Crippen molar-refractivity contribution in [2.75, 3.05) is 6.61 Å². The van der Waals surface area contributed by atoms with Crippen molar-refractivity contribution in [1.82, 2.24) is 0 Å². The van der Waals surface area contributed by atoms with Gasteiger partial charge in [0.15, 0.2) is 0 Å². The third-order valence-corrected chi connectivity index (χ3v) is 3.11. The predicted octanol–water partition coefficient (Wildman–Crippen LogP) is 3.82. The van der Waals surface area contributed by atoms with Gasteiger partial charge >= 0.3 is 0 Å². The molecule has 0 unspecified atom stereocenters. The molecule has 0 saturated carbocycles. The Morgan fingerprint density at radius 2 is 1.95 bits per heavy atom. The monoisotopic (exact) mass is 254 g/mol. The van der Waals surface area contributed by atoms with Crippen molar-refractivity contribution < 1.29 is 9.53 Å². The van der Waals surface area contributed by atoms with Crippen LogP contribution >= 0.6 is 0 Å². The maximum Gasteiger partial charge on any atom is 0.150 e. The molecule has 0 N–H and O–H groups in total. The molecule has 0 spiro atoms. The molecule has 0 bridgehead atoms. The highest BCUT2D eigenvalue weighted by molar-refractivity contribution is 5.75. The Morgan fingerprint density at radius 1 is 1.11 bits per heavy atom. The van der Waals surface area contributed by atoms with E-state index in [1.807, 2.05) is 12.1 Å². The lowest BCUT2D eigenvalue weighted by Gasteiger charge is -2.08. The van der Waals surface area contributed by atoms with Crippen molar-refractivity contribution in [3.8, 4) is 5.75 Å². The normalized spacial score (nSPS) is 10.2. The van der Waals surface area contributed by atoms with Gasteiger partial charge in [-0.25, -0.2) is 0 Å². The zero-order chi connectivity index (χ0) is 13.5. The lowest BCUT2D eigenvalue weighted by atomic mass is 10.0. The van der Waals surface area contributed by atoms with Crippen LogP contribution in [0, 0.1) is 6.92 Å². The summed E-state index contributed by atoms with van der Waals surface area (Å²) in [4.78, 5) is 10.7. The standard InChI is InChI=1S/C17H18O2/c1-14-6-2-3-8-16(14)9-5-11-19-17-10-4-7-15(12-17)13-18/h2-4,6-8,10,12-13H,5,9,11H2,1H3. The summed E-state index contributed by atoms with van der Waals surface area (Å²) >= 11 is 0. The highest BCUT2D eigenvalue weighted by atomic mass is 16.5. The molecule has 0 fully saturated rings. The minimum Gasteiger partial charge on any atom is -0.494 e. The number of carbonyl (C=O) groups is 1. The van der Waals surface area contributed by atoms with Crippen LogP contribution in [-0.4, -0.2) is 12.9 Å². The van der Waals surface area contributed by atoms with E-state index < -0.39 is 0 Å². The van der Waals surface area contributed by atoms with Crippen molar-refractivity contribution in [2.24, 2.45) is 0 Å². The van der Waals surface area contributed by atoms with Crippen LogP contribution in [0.25, 0.3) is 0 Å². The first kappa shape index (κ1) is 13.3. The molecule has 2 nitrogen and oxygen atoms in total. The zero-order valence-electron chi connectivity index (χ0n) is 11.1. The van der Waals surface area contributed by atoms with Crippen LogP contribution in [-0.2, 0) is 6.42 Å². The molecular weight excluding hydrogens is 236 g/mol. The van der Waals surface area contributed by atoms with Crippen molar-refractivity contribution in [2.45, 2.75) is 19.8 Å². The van der Waals surface area contributed by atoms with E-state index in [-0.39, 0.29) is 0 Å². The number of hydrogen-bond acceptors (Lipinski definition) is 2. The van der Waals surface area contributed by atoms with Crippen LogP contribution in [0.2, 0.25) is 0 Å². The van der Waals surface area contributed by atoms with Crippen molar-refractivity contribution in [3.05, 3.63) is 65.2 Å². The lowest BCUT2D eigenvalue weighted by molar-refractivity contribution is 0.112. The summed E-state index contributed by atoms with van der Waals surface area (Å²) in [6.07, 6.45) is 2.82. The number of benzene rings is 2. The molecule has 0 saturated heterocycles. The van der Waals surface area contributed by atoms with Gasteiger partial charge in [0.05, 0.1) is 6.61 Å². The van der Waals surface area contributed by atoms with Gasteiger partial charge in [-0.2, -0.15) is 0 Å². The summed E-state index contributed by atoms with van der Waals surface area (Å²) in [6, 6.07) is 15.7. The average Bonchev–Trinajstić information content (AvgIpc) is 2.45. The summed E-state index contributed by atoms with van der Waals surface area (Å²) in [5.74, 6) is 0.759. The maximum atomic E-state index is 10.7. The lowest BCUT2D eigenvalue weighted by Crippen LogP contribution is -2.00. The number of aldehydes is 1. The molecule has 0 aromatic heterocycles. The van der Waals surface area contributed by atoms with E-state index >= 15 is 0 Å². The Bertz CT molecular complexity index is 546. The van der Waals surface area contributed by atoms with Gasteiger partial charge in [-0.15, -0.1) is 0 Å². The maximum absolute atomic E-state index is 10.7. The van der Waals surface area contributed by atoms with Gasteiger partial charge in [-0.3, -0.25) is 4.79 Å². The van der Waals surface area contributed by atoms with Gasteiger partial charge in [0.1, 0.15) is 12.0 Å². The van der Waals surface area contributed by atoms with Crippen LogP contribution in [0.5, 0.6) is 5.75 Å². The fraction of sp³-hybridized carbons (Fsp3) is 0.235. The summed E-state index contributed by atoms with van der Waals surface area (Å²) in [5.41, 5.74) is 3.34. The molecule has 19 heavy (non-hydrogen) atoms. The highest BCUT2D eigenvalue weighted by Gasteiger charge is 1.99. The van der Waals surface area contributed by atoms with Crippen LogP contribution in [0.15, 0.2) is 48.5 Å². The SMILES string of the molecule is Cc1ccccc1CCCOc1cccc(C=O)c1. The molecule has 2 heteroatoms. The number of aryl methyl sites for hydroxylation is 2. The Morgan fingerprint density at radius 3 is 2.74 bits per heavy atom. The second-order valence-electron chi connectivity index (χ2n) is 4.57. The Hall–Kier alpha value is -2.09. The van der Waals surface area contributed by atoms with E-state index in [0.29, 0.717) is 12.2 Å². The molecule has 0 aliphatic rings. The molecule has 0 radical (unpaired) electrons. The van der Waals surface area contributed by atoms with Gasteiger partial charge in [0, 0.05) is 5.56 Å². The summed E-state index contributed by atoms with van der Waals surface area (Å²) in [5, 5.41) is 0. The second kappa shape index (κ2) is 6.74. The number of rotatable bonds is 6. The first-order valence-corrected chi connectivity index (χ1v) is 6.52. The molecule has 2 aromatic rings. The largest absolute Gasteiger partial charge is 0.494 e. The van der Waals surface area contributed by atoms with E-state index in [2.05, 4.69) is 31.2 Å². The van der Waals surface area contributed by atoms with Crippen LogP contribution < -0.4 is 4.74 Å². The van der Waals surface area contributed by atoms with Gasteiger partial charge in [0.2, 0.25) is 0 Å². The highest BCUT2D eigenvalue weighted by Crippen LogP contribution is 2.13. The topological polar surface area (TPSA) is 26.3 Å². The summed E-state index contributed by atoms with van der Waals surface area (Å²) in [7, 11) is 0. The third kappa shape index (κ3) is 3.95. The quantitative estimate of drug-likeness (QED) is 0.578. The predicted molar refractivity (Wildman–Crippen MR) is 76.8 cm³/mol. The number of ether oxygens (including phenoxy) is 1. The molecule has 98 valence electrons. The van der Waals surface area contributed by atoms with Gasteiger partial charge in [-0.05, 0) is 43.0 Å². The van der Waals surface area contributed by atoms with Gasteiger partial charge in [-0.1, -0.05) is 36.4 Å². The fourth-order valence-electron chi connectivity index (χ4n) is 2.02. The average molecular weight is 254 g/mol. The van der Waals surface area contributed by atoms with Crippen molar-refractivity contribution >= 4 is 6.29 Å². The smallest absolute Gasteiger partial charge is 0.150 e. The van der Waals surface area contributed by atoms with Crippen molar-refractivity contribution in [1.29, 1.82) is 0 Å². The molecule has 2 rings (SSSR count). The van der Waals surface area contributed by atoms with E-state index in [4.69, 9.17) is 4.74 Å². The fourth-order valence-corrected chi connectivity index (χ4v) is 2.02. The van der Waals surface area contributed by atoms with Crippen LogP contribution in [0.1, 0.15) is 27.9 Å². The molecular formula is C17H18O2. The minimum atomic E-state index is 0.649. The number of hydrogen-bond donors (Lipinski definition) is 0. The molecule has 0 heterocycles. The summed E-state index contributed by atoms with van der Waals surface area (Å²) in [6.45, 7) is 2.79. The molecule has 0 aliphatic carbocycles. The first-order chi connectivity index (χ1) is 9.29. The van der Waals surface area contributed by atoms with E-state index in [0.717, 1.165) is 24.9 Å². The Kier molecular flexibility index (Phi) is 4.73. The Balaban J connectivity index is 1.81. The van der Waals surface area contributed by atoms with Crippen LogP contribution in [0.4, 0.5) is 0 Å². The van der Waals surface area contributed by atoms with E-state index in [1.54, 1.807) is 12.1 Å². The van der Waals surface area contributed by atoms with E-state index in [1.165, 1.54) is 11.1 Å². The first-order valence-electron chi connectivity index (χ1n) is 6.52. The van der Waals surface area contributed by atoms with Gasteiger partial charge < -0.3 is 4.74 Å². The van der Waals surface area contributed by atoms with Gasteiger partial charge in [0.25, 0.3) is 0 Å². The third-order valence-electron chi connectivity index (χ3n) is 3.11. The molecule has 0 atom stereocenters. The van der Waals surface area contributed by atoms with E-state index in [9.17, 15) is 4.79 Å². The zero-order valence-corrected chi connectivity index (χ0v) is 11.1. The molecule has 2 aromatic carbocycles.